The van der Waals surface area contributed by atoms with Crippen molar-refractivity contribution < 1.29 is 22.7 Å². The van der Waals surface area contributed by atoms with E-state index in [2.05, 4.69) is 10.3 Å². The number of aromatic nitrogens is 1. The summed E-state index contributed by atoms with van der Waals surface area (Å²) in [6.07, 6.45) is -3.97. The van der Waals surface area contributed by atoms with Gasteiger partial charge in [-0.05, 0) is 51.5 Å². The van der Waals surface area contributed by atoms with E-state index >= 15 is 0 Å². The fourth-order valence-corrected chi connectivity index (χ4v) is 2.31. The molecule has 1 aromatic heterocycles. The number of amides is 1. The minimum atomic E-state index is -4.48. The zero-order valence-corrected chi connectivity index (χ0v) is 14.4. The van der Waals surface area contributed by atoms with Crippen molar-refractivity contribution in [3.8, 4) is 11.1 Å². The molecule has 1 heterocycles. The number of carbonyl (C=O) groups is 1. The van der Waals surface area contributed by atoms with Crippen LogP contribution in [0.4, 0.5) is 23.7 Å². The van der Waals surface area contributed by atoms with Gasteiger partial charge in [-0.3, -0.25) is 10.3 Å². The van der Waals surface area contributed by atoms with Crippen LogP contribution in [0.1, 0.15) is 32.0 Å². The molecule has 1 N–H and O–H groups in total. The predicted octanol–water partition coefficient (Wildman–Crippen LogP) is 5.42. The van der Waals surface area contributed by atoms with E-state index in [1.54, 1.807) is 20.8 Å². The minimum absolute atomic E-state index is 0.0267. The molecule has 0 fully saturated rings. The van der Waals surface area contributed by atoms with Gasteiger partial charge >= 0.3 is 12.3 Å². The van der Waals surface area contributed by atoms with Crippen LogP contribution in [-0.2, 0) is 10.9 Å². The average molecular weight is 352 g/mol. The Bertz CT molecular complexity index is 763. The predicted molar refractivity (Wildman–Crippen MR) is 89.3 cm³/mol. The highest BCUT2D eigenvalue weighted by Crippen LogP contribution is 2.38. The van der Waals surface area contributed by atoms with Crippen molar-refractivity contribution in [1.29, 1.82) is 0 Å². The van der Waals surface area contributed by atoms with Crippen LogP contribution >= 0.6 is 0 Å². The molecule has 0 aliphatic heterocycles. The Balaban J connectivity index is 2.28. The molecule has 0 saturated heterocycles. The van der Waals surface area contributed by atoms with E-state index in [0.717, 1.165) is 12.3 Å². The first-order valence-electron chi connectivity index (χ1n) is 7.60. The Morgan fingerprint density at radius 3 is 2.20 bits per heavy atom. The molecule has 25 heavy (non-hydrogen) atoms. The molecule has 2 aromatic rings. The van der Waals surface area contributed by atoms with E-state index < -0.39 is 23.4 Å². The van der Waals surface area contributed by atoms with Crippen LogP contribution in [-0.4, -0.2) is 16.7 Å². The van der Waals surface area contributed by atoms with Gasteiger partial charge in [0.25, 0.3) is 0 Å². The third kappa shape index (κ3) is 4.95. The summed E-state index contributed by atoms with van der Waals surface area (Å²) in [5.41, 5.74) is -0.284. The molecular formula is C18H19F3N2O2. The molecule has 0 saturated carbocycles. The molecule has 0 bridgehead atoms. The molecule has 134 valence electrons. The highest BCUT2D eigenvalue weighted by molar-refractivity contribution is 5.85. The normalized spacial score (nSPS) is 12.0. The van der Waals surface area contributed by atoms with Crippen LogP contribution in [0.2, 0.25) is 0 Å². The number of hydrogen-bond acceptors (Lipinski definition) is 3. The maximum Gasteiger partial charge on any atom is 0.417 e. The molecule has 1 aromatic carbocycles. The number of carbonyl (C=O) groups excluding carboxylic acids is 1. The molecule has 0 unspecified atom stereocenters. The number of halogens is 3. The lowest BCUT2D eigenvalue weighted by molar-refractivity contribution is -0.137. The molecule has 1 amide bonds. The summed E-state index contributed by atoms with van der Waals surface area (Å²) in [5.74, 6) is 0. The Kier molecular flexibility index (Phi) is 5.06. The summed E-state index contributed by atoms with van der Waals surface area (Å²) in [7, 11) is 0. The van der Waals surface area contributed by atoms with Crippen LogP contribution < -0.4 is 5.32 Å². The lowest BCUT2D eigenvalue weighted by atomic mass is 9.98. The second kappa shape index (κ2) is 6.74. The molecule has 0 spiro atoms. The van der Waals surface area contributed by atoms with Gasteiger partial charge in [0.2, 0.25) is 0 Å². The van der Waals surface area contributed by atoms with Crippen molar-refractivity contribution in [3.05, 3.63) is 47.8 Å². The summed E-state index contributed by atoms with van der Waals surface area (Å²) in [6.45, 7) is 6.73. The number of rotatable bonds is 2. The highest BCUT2D eigenvalue weighted by atomic mass is 19.4. The third-order valence-electron chi connectivity index (χ3n) is 3.26. The van der Waals surface area contributed by atoms with Crippen molar-refractivity contribution in [1.82, 2.24) is 4.98 Å². The number of hydrogen-bond donors (Lipinski definition) is 1. The first-order chi connectivity index (χ1) is 11.5. The van der Waals surface area contributed by atoms with Gasteiger partial charge in [-0.2, -0.15) is 13.2 Å². The fourth-order valence-electron chi connectivity index (χ4n) is 2.31. The number of ether oxygens (including phenoxy) is 1. The van der Waals surface area contributed by atoms with E-state index in [0.29, 0.717) is 11.3 Å². The maximum atomic E-state index is 13.2. The van der Waals surface area contributed by atoms with Crippen LogP contribution in [0.5, 0.6) is 0 Å². The number of pyridine rings is 1. The highest BCUT2D eigenvalue weighted by Gasteiger charge is 2.34. The summed E-state index contributed by atoms with van der Waals surface area (Å²) in [5, 5.41) is 2.54. The Labute approximate surface area is 144 Å². The molecule has 0 aliphatic carbocycles. The smallest absolute Gasteiger partial charge is 0.417 e. The third-order valence-corrected chi connectivity index (χ3v) is 3.26. The van der Waals surface area contributed by atoms with Gasteiger partial charge in [-0.1, -0.05) is 12.1 Å². The monoisotopic (exact) mass is 352 g/mol. The molecular weight excluding hydrogens is 333 g/mol. The van der Waals surface area contributed by atoms with Crippen LogP contribution in [0.15, 0.2) is 36.5 Å². The topological polar surface area (TPSA) is 51.2 Å². The standard InChI is InChI=1S/C18H19F3N2O2/c1-11-15(14(9-10-22-11)18(19,20)21)12-5-7-13(8-6-12)23-16(24)25-17(2,3)4/h5-10H,1-4H3,(H,23,24). The van der Waals surface area contributed by atoms with Crippen molar-refractivity contribution in [2.75, 3.05) is 5.32 Å². The molecule has 2 rings (SSSR count). The summed E-state index contributed by atoms with van der Waals surface area (Å²) in [6, 6.07) is 7.00. The molecule has 4 nitrogen and oxygen atoms in total. The number of benzene rings is 1. The number of nitrogens with zero attached hydrogens (tertiary/aromatic N) is 1. The van der Waals surface area contributed by atoms with E-state index in [-0.39, 0.29) is 11.3 Å². The van der Waals surface area contributed by atoms with Gasteiger partial charge in [-0.25, -0.2) is 4.79 Å². The van der Waals surface area contributed by atoms with Gasteiger partial charge in [0.15, 0.2) is 0 Å². The van der Waals surface area contributed by atoms with E-state index in [1.165, 1.54) is 31.2 Å². The SMILES string of the molecule is Cc1nccc(C(F)(F)F)c1-c1ccc(NC(=O)OC(C)(C)C)cc1. The van der Waals surface area contributed by atoms with Crippen LogP contribution in [0.3, 0.4) is 0 Å². The number of nitrogens with one attached hydrogen (secondary N) is 1. The van der Waals surface area contributed by atoms with Gasteiger partial charge in [-0.15, -0.1) is 0 Å². The van der Waals surface area contributed by atoms with Gasteiger partial charge in [0, 0.05) is 23.1 Å². The number of anilines is 1. The van der Waals surface area contributed by atoms with Crippen LogP contribution in [0, 0.1) is 6.92 Å². The van der Waals surface area contributed by atoms with Gasteiger partial charge < -0.3 is 4.74 Å². The molecule has 0 atom stereocenters. The minimum Gasteiger partial charge on any atom is -0.444 e. The lowest BCUT2D eigenvalue weighted by Gasteiger charge is -2.20. The first-order valence-corrected chi connectivity index (χ1v) is 7.60. The van der Waals surface area contributed by atoms with E-state index in [9.17, 15) is 18.0 Å². The second-order valence-corrected chi connectivity index (χ2v) is 6.52. The Hall–Kier alpha value is -2.57. The fraction of sp³-hybridized carbons (Fsp3) is 0.333. The van der Waals surface area contributed by atoms with Gasteiger partial charge in [0.1, 0.15) is 5.60 Å². The Morgan fingerprint density at radius 1 is 1.08 bits per heavy atom. The van der Waals surface area contributed by atoms with Gasteiger partial charge in [0.05, 0.1) is 5.56 Å². The lowest BCUT2D eigenvalue weighted by Crippen LogP contribution is -2.27. The summed E-state index contributed by atoms with van der Waals surface area (Å²) >= 11 is 0. The van der Waals surface area contributed by atoms with E-state index in [1.807, 2.05) is 0 Å². The molecule has 0 radical (unpaired) electrons. The summed E-state index contributed by atoms with van der Waals surface area (Å²) < 4.78 is 44.8. The van der Waals surface area contributed by atoms with Crippen molar-refractivity contribution in [2.24, 2.45) is 0 Å². The van der Waals surface area contributed by atoms with Crippen molar-refractivity contribution in [2.45, 2.75) is 39.5 Å². The second-order valence-electron chi connectivity index (χ2n) is 6.52. The largest absolute Gasteiger partial charge is 0.444 e. The number of alkyl halides is 3. The number of aryl methyl sites for hydroxylation is 1. The molecule has 7 heteroatoms. The van der Waals surface area contributed by atoms with E-state index in [4.69, 9.17) is 4.74 Å². The molecule has 0 aliphatic rings. The first kappa shape index (κ1) is 18.8. The summed E-state index contributed by atoms with van der Waals surface area (Å²) in [4.78, 5) is 15.7. The maximum absolute atomic E-state index is 13.2. The zero-order chi connectivity index (χ0) is 18.8. The zero-order valence-electron chi connectivity index (χ0n) is 14.4. The average Bonchev–Trinajstić information content (AvgIpc) is 2.45. The van der Waals surface area contributed by atoms with Crippen molar-refractivity contribution >= 4 is 11.8 Å². The van der Waals surface area contributed by atoms with Crippen molar-refractivity contribution in [3.63, 3.8) is 0 Å². The van der Waals surface area contributed by atoms with Crippen LogP contribution in [0.25, 0.3) is 11.1 Å². The quantitative estimate of drug-likeness (QED) is 0.785. The Morgan fingerprint density at radius 2 is 1.68 bits per heavy atom.